The third kappa shape index (κ3) is 8.97. The summed E-state index contributed by atoms with van der Waals surface area (Å²) in [6, 6.07) is 124. The molecule has 0 N–H and O–H groups in total. The Morgan fingerprint density at radius 1 is 0.261 bits per heavy atom. The predicted molar refractivity (Wildman–Crippen MR) is 388 cm³/mol. The maximum atomic E-state index is 7.27. The van der Waals surface area contributed by atoms with Crippen molar-refractivity contribution in [3.05, 3.63) is 340 Å². The van der Waals surface area contributed by atoms with E-state index in [1.54, 1.807) is 0 Å². The molecule has 4 aliphatic heterocycles. The molecule has 14 aromatic rings. The lowest BCUT2D eigenvalue weighted by Crippen LogP contribution is -2.64. The van der Waals surface area contributed by atoms with Crippen molar-refractivity contribution in [1.29, 1.82) is 0 Å². The molecular formula is C84H56B2N4OS. The van der Waals surface area contributed by atoms with Crippen LogP contribution in [0.1, 0.15) is 0 Å². The Kier molecular flexibility index (Phi) is 13.0. The molecule has 0 aromatic heterocycles. The lowest BCUT2D eigenvalue weighted by atomic mass is 9.31. The summed E-state index contributed by atoms with van der Waals surface area (Å²) in [6.45, 7) is -0.275. The highest BCUT2D eigenvalue weighted by atomic mass is 32.2. The first kappa shape index (κ1) is 53.6. The largest absolute Gasteiger partial charge is 0.458 e. The molecule has 0 fully saturated rings. The highest BCUT2D eigenvalue weighted by molar-refractivity contribution is 8.00. The van der Waals surface area contributed by atoms with E-state index >= 15 is 0 Å². The number of hydrogen-bond acceptors (Lipinski definition) is 6. The number of nitrogens with zero attached hydrogens (tertiary/aromatic N) is 4. The molecule has 0 spiro atoms. The van der Waals surface area contributed by atoms with Crippen LogP contribution in [0.25, 0.3) is 33.4 Å². The molecule has 14 aromatic carbocycles. The van der Waals surface area contributed by atoms with Crippen molar-refractivity contribution < 1.29 is 4.74 Å². The zero-order valence-corrected chi connectivity index (χ0v) is 50.9. The molecule has 4 aliphatic rings. The van der Waals surface area contributed by atoms with Gasteiger partial charge in [-0.1, -0.05) is 248 Å². The van der Waals surface area contributed by atoms with Crippen LogP contribution in [-0.2, 0) is 0 Å². The Morgan fingerprint density at radius 3 is 1.46 bits per heavy atom. The molecule has 430 valence electrons. The first-order valence-electron chi connectivity index (χ1n) is 31.5. The summed E-state index contributed by atoms with van der Waals surface area (Å²) in [5, 5.41) is 0. The SMILES string of the molecule is c1ccc(-c2ccc(N(c3cccc(-c4ccccc4)c3)c3cc4c5c(c3)Sc3cc6c(cc3B5c3ccccc3O4)B3c4ccccc4N(c4ccccc4)c4cc(N(c5ccccc5)c5ccccc5)cc(c43)N6c3ccccc3-c3ccccc3)cc2)cc1. The average molecular weight is 1190 g/mol. The fraction of sp³-hybridized carbons (Fsp3) is 0. The molecule has 0 atom stereocenters. The number of ether oxygens (including phenoxy) is 1. The van der Waals surface area contributed by atoms with Gasteiger partial charge in [-0.15, -0.1) is 0 Å². The van der Waals surface area contributed by atoms with Gasteiger partial charge < -0.3 is 24.3 Å². The van der Waals surface area contributed by atoms with Crippen molar-refractivity contribution in [2.45, 2.75) is 9.79 Å². The monoisotopic (exact) mass is 1190 g/mol. The summed E-state index contributed by atoms with van der Waals surface area (Å²) in [7, 11) is 0. The van der Waals surface area contributed by atoms with Crippen LogP contribution >= 0.6 is 11.8 Å². The van der Waals surface area contributed by atoms with Gasteiger partial charge in [-0.25, -0.2) is 0 Å². The smallest absolute Gasteiger partial charge is 0.253 e. The maximum Gasteiger partial charge on any atom is 0.253 e. The lowest BCUT2D eigenvalue weighted by Gasteiger charge is -2.46. The summed E-state index contributed by atoms with van der Waals surface area (Å²) < 4.78 is 7.27. The van der Waals surface area contributed by atoms with Crippen LogP contribution < -0.4 is 57.1 Å². The third-order valence-electron chi connectivity index (χ3n) is 18.7. The minimum atomic E-state index is -0.149. The van der Waals surface area contributed by atoms with E-state index in [-0.39, 0.29) is 13.4 Å². The normalized spacial score (nSPS) is 12.7. The number of benzene rings is 14. The highest BCUT2D eigenvalue weighted by Crippen LogP contribution is 2.52. The van der Waals surface area contributed by atoms with E-state index in [0.29, 0.717) is 0 Å². The first-order chi connectivity index (χ1) is 45.6. The molecule has 0 amide bonds. The Bertz CT molecular complexity index is 5100. The van der Waals surface area contributed by atoms with Crippen LogP contribution in [0.5, 0.6) is 11.5 Å². The Hall–Kier alpha value is -11.4. The standard InChI is InChI=1S/C84H56B2N4OS/c1-7-26-57(27-8-1)59-46-48-65(49-47-59)88(66-39-25-32-61(50-66)58-28-9-2-10-29-58)68-53-80-84-82(54-68)92-81-56-76-72(55-73(81)86(84)71-42-21-24-45-79(71)91-80)85-70-41-20-23-44-75(70)89(64-37-17-6-18-38-64)77-51-67(87(62-33-13-4-14-34-62)63-35-15-5-16-36-63)52-78(83(77)85)90(76)74-43-22-19-40-69(74)60-30-11-3-12-31-60/h1-56H. The van der Waals surface area contributed by atoms with Crippen molar-refractivity contribution in [3.8, 4) is 44.9 Å². The van der Waals surface area contributed by atoms with Crippen molar-refractivity contribution in [1.82, 2.24) is 0 Å². The minimum Gasteiger partial charge on any atom is -0.458 e. The highest BCUT2D eigenvalue weighted by Gasteiger charge is 2.47. The fourth-order valence-corrected chi connectivity index (χ4v) is 15.9. The molecule has 0 aliphatic carbocycles. The van der Waals surface area contributed by atoms with Crippen molar-refractivity contribution in [3.63, 3.8) is 0 Å². The number of fused-ring (bicyclic) bond motifs is 8. The van der Waals surface area contributed by atoms with E-state index in [1.807, 2.05) is 11.8 Å². The van der Waals surface area contributed by atoms with Gasteiger partial charge in [0.05, 0.1) is 17.1 Å². The van der Waals surface area contributed by atoms with E-state index in [1.165, 1.54) is 37.8 Å². The van der Waals surface area contributed by atoms with Gasteiger partial charge in [-0.3, -0.25) is 0 Å². The van der Waals surface area contributed by atoms with E-state index in [9.17, 15) is 0 Å². The Balaban J connectivity index is 0.892. The summed E-state index contributed by atoms with van der Waals surface area (Å²) in [6.07, 6.45) is 0. The molecule has 92 heavy (non-hydrogen) atoms. The Labute approximate surface area is 541 Å². The van der Waals surface area contributed by atoms with Crippen LogP contribution in [0.2, 0.25) is 0 Å². The molecule has 5 nitrogen and oxygen atoms in total. The average Bonchev–Trinajstić information content (AvgIpc) is 0.693. The number of rotatable bonds is 11. The van der Waals surface area contributed by atoms with Crippen molar-refractivity contribution in [2.75, 3.05) is 19.6 Å². The van der Waals surface area contributed by atoms with Crippen LogP contribution in [0, 0.1) is 0 Å². The minimum absolute atomic E-state index is 0.126. The summed E-state index contributed by atoms with van der Waals surface area (Å²) in [5.41, 5.74) is 27.4. The third-order valence-corrected chi connectivity index (χ3v) is 19.8. The predicted octanol–water partition coefficient (Wildman–Crippen LogP) is 18.8. The maximum absolute atomic E-state index is 7.27. The molecule has 0 bridgehead atoms. The van der Waals surface area contributed by atoms with Crippen molar-refractivity contribution in [2.24, 2.45) is 0 Å². The molecule has 0 saturated carbocycles. The number of para-hydroxylation sites is 6. The van der Waals surface area contributed by atoms with Crippen LogP contribution in [-0.4, -0.2) is 13.4 Å². The lowest BCUT2D eigenvalue weighted by molar-refractivity contribution is 0.486. The molecular weight excluding hydrogens is 1130 g/mol. The molecule has 4 heterocycles. The van der Waals surface area contributed by atoms with Gasteiger partial charge in [0.1, 0.15) is 11.5 Å². The molecule has 0 radical (unpaired) electrons. The molecule has 0 unspecified atom stereocenters. The van der Waals surface area contributed by atoms with Gasteiger partial charge in [0.2, 0.25) is 0 Å². The first-order valence-corrected chi connectivity index (χ1v) is 32.4. The number of anilines is 12. The van der Waals surface area contributed by atoms with Gasteiger partial charge >= 0.3 is 0 Å². The topological polar surface area (TPSA) is 22.2 Å². The summed E-state index contributed by atoms with van der Waals surface area (Å²) in [5.74, 6) is 1.73. The zero-order valence-electron chi connectivity index (χ0n) is 50.1. The second-order valence-corrected chi connectivity index (χ2v) is 25.0. The fourth-order valence-electron chi connectivity index (χ4n) is 14.7. The van der Waals surface area contributed by atoms with E-state index in [2.05, 4.69) is 359 Å². The second kappa shape index (κ2) is 22.2. The molecule has 0 saturated heterocycles. The van der Waals surface area contributed by atoms with E-state index < -0.39 is 0 Å². The van der Waals surface area contributed by atoms with Gasteiger partial charge in [-0.05, 0) is 158 Å². The van der Waals surface area contributed by atoms with E-state index in [4.69, 9.17) is 4.74 Å². The quantitative estimate of drug-likeness (QED) is 0.120. The second-order valence-electron chi connectivity index (χ2n) is 23.9. The zero-order chi connectivity index (χ0) is 60.6. The summed E-state index contributed by atoms with van der Waals surface area (Å²) in [4.78, 5) is 12.3. The summed E-state index contributed by atoms with van der Waals surface area (Å²) >= 11 is 1.86. The van der Waals surface area contributed by atoms with Gasteiger partial charge in [0.15, 0.2) is 0 Å². The van der Waals surface area contributed by atoms with Gasteiger partial charge in [-0.2, -0.15) is 0 Å². The van der Waals surface area contributed by atoms with Gasteiger partial charge in [0.25, 0.3) is 13.4 Å². The molecule has 8 heteroatoms. The van der Waals surface area contributed by atoms with Crippen molar-refractivity contribution >= 4 is 126 Å². The number of hydrogen-bond donors (Lipinski definition) is 0. The van der Waals surface area contributed by atoms with Crippen LogP contribution in [0.15, 0.2) is 350 Å². The van der Waals surface area contributed by atoms with Crippen LogP contribution in [0.4, 0.5) is 68.2 Å². The van der Waals surface area contributed by atoms with E-state index in [0.717, 1.165) is 118 Å². The van der Waals surface area contributed by atoms with Crippen LogP contribution in [0.3, 0.4) is 0 Å². The molecule has 18 rings (SSSR count). The van der Waals surface area contributed by atoms with Gasteiger partial charge in [0, 0.05) is 72.6 Å². The Morgan fingerprint density at radius 2 is 0.761 bits per heavy atom.